The summed E-state index contributed by atoms with van der Waals surface area (Å²) in [4.78, 5) is 12.5. The summed E-state index contributed by atoms with van der Waals surface area (Å²) in [7, 11) is 0. The van der Waals surface area contributed by atoms with Gasteiger partial charge in [0.05, 0.1) is 0 Å². The summed E-state index contributed by atoms with van der Waals surface area (Å²) in [5.74, 6) is 1.04. The molecule has 0 aromatic carbocycles. The Kier molecular flexibility index (Phi) is 2.92. The second-order valence-corrected chi connectivity index (χ2v) is 3.55. The zero-order valence-corrected chi connectivity index (χ0v) is 7.49. The van der Waals surface area contributed by atoms with Gasteiger partial charge >= 0.3 is 6.03 Å². The number of hydrogen-bond donors (Lipinski definition) is 2. The molecule has 1 fully saturated rings. The van der Waals surface area contributed by atoms with Crippen LogP contribution in [0.1, 0.15) is 13.3 Å². The molecule has 0 saturated carbocycles. The lowest BCUT2D eigenvalue weighted by Crippen LogP contribution is -2.47. The number of carbonyl (C=O) groups excluding carboxylic acids is 1. The number of urea groups is 1. The third-order valence-corrected chi connectivity index (χ3v) is 2.73. The zero-order valence-electron chi connectivity index (χ0n) is 7.49. The Balaban J connectivity index is 2.49. The van der Waals surface area contributed by atoms with E-state index in [4.69, 9.17) is 11.5 Å². The maximum absolute atomic E-state index is 10.8. The normalized spacial score (nSPS) is 30.3. The van der Waals surface area contributed by atoms with Crippen LogP contribution in [0.3, 0.4) is 0 Å². The van der Waals surface area contributed by atoms with Gasteiger partial charge in [-0.15, -0.1) is 0 Å². The standard InChI is InChI=1S/C8H17N3O/c1-6-2-3-11(8(10)12)5-7(6)4-9/h6-7H,2-5,9H2,1H3,(H2,10,12). The van der Waals surface area contributed by atoms with Gasteiger partial charge in [0.2, 0.25) is 0 Å². The Morgan fingerprint density at radius 2 is 2.33 bits per heavy atom. The quantitative estimate of drug-likeness (QED) is 0.582. The Morgan fingerprint density at radius 1 is 1.67 bits per heavy atom. The first kappa shape index (κ1) is 9.32. The highest BCUT2D eigenvalue weighted by Gasteiger charge is 2.26. The van der Waals surface area contributed by atoms with E-state index in [-0.39, 0.29) is 6.03 Å². The first-order chi connectivity index (χ1) is 5.65. The predicted molar refractivity (Wildman–Crippen MR) is 47.5 cm³/mol. The van der Waals surface area contributed by atoms with Crippen molar-refractivity contribution in [2.75, 3.05) is 19.6 Å². The second-order valence-electron chi connectivity index (χ2n) is 3.55. The van der Waals surface area contributed by atoms with Gasteiger partial charge in [0.15, 0.2) is 0 Å². The first-order valence-electron chi connectivity index (χ1n) is 4.39. The second kappa shape index (κ2) is 3.76. The molecule has 2 atom stereocenters. The van der Waals surface area contributed by atoms with Crippen LogP contribution in [0.2, 0.25) is 0 Å². The smallest absolute Gasteiger partial charge is 0.314 e. The molecule has 1 saturated heterocycles. The van der Waals surface area contributed by atoms with Crippen molar-refractivity contribution in [3.63, 3.8) is 0 Å². The maximum atomic E-state index is 10.8. The lowest BCUT2D eigenvalue weighted by Gasteiger charge is -2.35. The molecule has 12 heavy (non-hydrogen) atoms. The summed E-state index contributed by atoms with van der Waals surface area (Å²) in [5, 5.41) is 0. The molecule has 4 heteroatoms. The lowest BCUT2D eigenvalue weighted by molar-refractivity contribution is 0.146. The maximum Gasteiger partial charge on any atom is 0.314 e. The van der Waals surface area contributed by atoms with Crippen molar-refractivity contribution >= 4 is 6.03 Å². The van der Waals surface area contributed by atoms with E-state index in [0.717, 1.165) is 19.5 Å². The number of amides is 2. The summed E-state index contributed by atoms with van der Waals surface area (Å²) in [6, 6.07) is -0.319. The van der Waals surface area contributed by atoms with Gasteiger partial charge in [-0.3, -0.25) is 0 Å². The van der Waals surface area contributed by atoms with Gasteiger partial charge in [-0.05, 0) is 24.8 Å². The fourth-order valence-electron chi connectivity index (χ4n) is 1.66. The van der Waals surface area contributed by atoms with Crippen molar-refractivity contribution in [3.05, 3.63) is 0 Å². The van der Waals surface area contributed by atoms with E-state index in [1.54, 1.807) is 4.90 Å². The number of hydrogen-bond acceptors (Lipinski definition) is 2. The molecule has 4 N–H and O–H groups in total. The van der Waals surface area contributed by atoms with E-state index in [2.05, 4.69) is 6.92 Å². The Hall–Kier alpha value is -0.770. The van der Waals surface area contributed by atoms with Crippen LogP contribution in [-0.2, 0) is 0 Å². The van der Waals surface area contributed by atoms with Crippen LogP contribution in [0.25, 0.3) is 0 Å². The van der Waals surface area contributed by atoms with Crippen molar-refractivity contribution in [3.8, 4) is 0 Å². The van der Waals surface area contributed by atoms with Crippen LogP contribution < -0.4 is 11.5 Å². The van der Waals surface area contributed by atoms with Crippen LogP contribution in [0.4, 0.5) is 4.79 Å². The highest BCUT2D eigenvalue weighted by molar-refractivity contribution is 5.72. The Morgan fingerprint density at radius 3 is 2.83 bits per heavy atom. The summed E-state index contributed by atoms with van der Waals surface area (Å²) < 4.78 is 0. The van der Waals surface area contributed by atoms with E-state index in [9.17, 15) is 4.79 Å². The van der Waals surface area contributed by atoms with E-state index < -0.39 is 0 Å². The number of carbonyl (C=O) groups is 1. The van der Waals surface area contributed by atoms with Crippen molar-refractivity contribution in [1.82, 2.24) is 4.90 Å². The fourth-order valence-corrected chi connectivity index (χ4v) is 1.66. The molecule has 0 bridgehead atoms. The topological polar surface area (TPSA) is 72.3 Å². The molecule has 0 aliphatic carbocycles. The summed E-state index contributed by atoms with van der Waals surface area (Å²) in [5.41, 5.74) is 10.8. The molecular formula is C8H17N3O. The summed E-state index contributed by atoms with van der Waals surface area (Å²) in [6.07, 6.45) is 1.02. The SMILES string of the molecule is CC1CCN(C(N)=O)CC1CN. The minimum absolute atomic E-state index is 0.319. The van der Waals surface area contributed by atoms with Gasteiger partial charge in [-0.1, -0.05) is 6.92 Å². The van der Waals surface area contributed by atoms with Crippen LogP contribution in [0.15, 0.2) is 0 Å². The van der Waals surface area contributed by atoms with Gasteiger partial charge < -0.3 is 16.4 Å². The van der Waals surface area contributed by atoms with Crippen molar-refractivity contribution in [1.29, 1.82) is 0 Å². The van der Waals surface area contributed by atoms with Gasteiger partial charge in [0.1, 0.15) is 0 Å². The van der Waals surface area contributed by atoms with Crippen LogP contribution >= 0.6 is 0 Å². The summed E-state index contributed by atoms with van der Waals surface area (Å²) in [6.45, 7) is 4.33. The monoisotopic (exact) mass is 171 g/mol. The van der Waals surface area contributed by atoms with E-state index >= 15 is 0 Å². The molecule has 1 aliphatic rings. The lowest BCUT2D eigenvalue weighted by atomic mass is 9.87. The molecule has 0 spiro atoms. The van der Waals surface area contributed by atoms with Crippen molar-refractivity contribution in [2.24, 2.45) is 23.3 Å². The predicted octanol–water partition coefficient (Wildman–Crippen LogP) is -0.0182. The van der Waals surface area contributed by atoms with Crippen molar-refractivity contribution in [2.45, 2.75) is 13.3 Å². The molecule has 1 heterocycles. The number of nitrogens with two attached hydrogens (primary N) is 2. The van der Waals surface area contributed by atoms with Crippen LogP contribution in [-0.4, -0.2) is 30.6 Å². The van der Waals surface area contributed by atoms with E-state index in [1.807, 2.05) is 0 Å². The first-order valence-corrected chi connectivity index (χ1v) is 4.39. The highest BCUT2D eigenvalue weighted by atomic mass is 16.2. The molecule has 0 aromatic heterocycles. The molecule has 4 nitrogen and oxygen atoms in total. The van der Waals surface area contributed by atoms with Gasteiger partial charge in [0.25, 0.3) is 0 Å². The Bertz CT molecular complexity index is 172. The largest absolute Gasteiger partial charge is 0.351 e. The van der Waals surface area contributed by atoms with E-state index in [1.165, 1.54) is 0 Å². The number of piperidine rings is 1. The molecule has 2 amide bonds. The molecular weight excluding hydrogens is 154 g/mol. The molecule has 70 valence electrons. The molecule has 1 rings (SSSR count). The molecule has 0 radical (unpaired) electrons. The number of nitrogens with zero attached hydrogens (tertiary/aromatic N) is 1. The fraction of sp³-hybridized carbons (Fsp3) is 0.875. The zero-order chi connectivity index (χ0) is 9.14. The van der Waals surface area contributed by atoms with Gasteiger partial charge in [-0.25, -0.2) is 4.79 Å². The third-order valence-electron chi connectivity index (χ3n) is 2.73. The average molecular weight is 171 g/mol. The summed E-state index contributed by atoms with van der Waals surface area (Å²) >= 11 is 0. The third kappa shape index (κ3) is 1.88. The number of likely N-dealkylation sites (tertiary alicyclic amines) is 1. The molecule has 1 aliphatic heterocycles. The Labute approximate surface area is 72.9 Å². The van der Waals surface area contributed by atoms with E-state index in [0.29, 0.717) is 18.4 Å². The van der Waals surface area contributed by atoms with Gasteiger partial charge in [-0.2, -0.15) is 0 Å². The number of primary amides is 1. The average Bonchev–Trinajstić information content (AvgIpc) is 2.05. The van der Waals surface area contributed by atoms with Crippen LogP contribution in [0, 0.1) is 11.8 Å². The number of rotatable bonds is 1. The molecule has 2 unspecified atom stereocenters. The minimum Gasteiger partial charge on any atom is -0.351 e. The molecule has 0 aromatic rings. The van der Waals surface area contributed by atoms with Gasteiger partial charge in [0, 0.05) is 13.1 Å². The van der Waals surface area contributed by atoms with Crippen LogP contribution in [0.5, 0.6) is 0 Å². The van der Waals surface area contributed by atoms with Crippen molar-refractivity contribution < 1.29 is 4.79 Å². The minimum atomic E-state index is -0.319. The highest BCUT2D eigenvalue weighted by Crippen LogP contribution is 2.21.